The van der Waals surface area contributed by atoms with Gasteiger partial charge in [0.2, 0.25) is 0 Å². The summed E-state index contributed by atoms with van der Waals surface area (Å²) in [7, 11) is 0. The first-order chi connectivity index (χ1) is 11.5. The second-order valence-corrected chi connectivity index (χ2v) is 7.50. The summed E-state index contributed by atoms with van der Waals surface area (Å²) < 4.78 is 5.74. The highest BCUT2D eigenvalue weighted by Gasteiger charge is 2.26. The molecule has 3 unspecified atom stereocenters. The standard InChI is InChI=1S/C19H29N3O2/c1-13-5-4-8-22(12-13)18-11-16(6-7-20-18)19(23)21-17-9-14(2)24-15(3)10-17/h6-7,11,13-15,17H,4-5,8-10,12H2,1-3H3,(H,21,23). The van der Waals surface area contributed by atoms with Crippen LogP contribution in [0.25, 0.3) is 0 Å². The van der Waals surface area contributed by atoms with Gasteiger partial charge in [-0.15, -0.1) is 0 Å². The van der Waals surface area contributed by atoms with Crippen molar-refractivity contribution in [2.45, 2.75) is 64.7 Å². The van der Waals surface area contributed by atoms with Crippen LogP contribution in [0.1, 0.15) is 56.8 Å². The summed E-state index contributed by atoms with van der Waals surface area (Å²) in [5.74, 6) is 1.60. The molecule has 1 amide bonds. The van der Waals surface area contributed by atoms with E-state index in [0.29, 0.717) is 11.5 Å². The lowest BCUT2D eigenvalue weighted by Crippen LogP contribution is -2.44. The molecule has 0 aliphatic carbocycles. The zero-order valence-corrected chi connectivity index (χ0v) is 15.0. The van der Waals surface area contributed by atoms with Crippen LogP contribution < -0.4 is 10.2 Å². The molecule has 2 fully saturated rings. The van der Waals surface area contributed by atoms with Crippen molar-refractivity contribution in [1.29, 1.82) is 0 Å². The molecule has 24 heavy (non-hydrogen) atoms. The fourth-order valence-corrected chi connectivity index (χ4v) is 3.92. The molecular weight excluding hydrogens is 302 g/mol. The monoisotopic (exact) mass is 331 g/mol. The molecule has 5 nitrogen and oxygen atoms in total. The number of rotatable bonds is 3. The summed E-state index contributed by atoms with van der Waals surface area (Å²) in [5.41, 5.74) is 0.699. The van der Waals surface area contributed by atoms with Crippen molar-refractivity contribution in [2.24, 2.45) is 5.92 Å². The molecule has 0 radical (unpaired) electrons. The quantitative estimate of drug-likeness (QED) is 0.925. The van der Waals surface area contributed by atoms with E-state index in [1.165, 1.54) is 12.8 Å². The van der Waals surface area contributed by atoms with E-state index in [4.69, 9.17) is 4.74 Å². The normalized spacial score (nSPS) is 30.9. The van der Waals surface area contributed by atoms with Gasteiger partial charge in [0.25, 0.3) is 5.91 Å². The van der Waals surface area contributed by atoms with Crippen LogP contribution in [0.4, 0.5) is 5.82 Å². The molecule has 3 atom stereocenters. The van der Waals surface area contributed by atoms with Crippen molar-refractivity contribution in [3.8, 4) is 0 Å². The molecule has 5 heteroatoms. The number of hydrogen-bond acceptors (Lipinski definition) is 4. The molecule has 0 bridgehead atoms. The number of anilines is 1. The van der Waals surface area contributed by atoms with Crippen LogP contribution in [0.5, 0.6) is 0 Å². The Morgan fingerprint density at radius 3 is 2.75 bits per heavy atom. The molecule has 1 aromatic rings. The van der Waals surface area contributed by atoms with Gasteiger partial charge in [-0.1, -0.05) is 6.92 Å². The van der Waals surface area contributed by atoms with Crippen LogP contribution in [0, 0.1) is 5.92 Å². The third-order valence-electron chi connectivity index (χ3n) is 5.02. The minimum atomic E-state index is -0.00462. The van der Waals surface area contributed by atoms with Gasteiger partial charge in [0.1, 0.15) is 5.82 Å². The molecule has 1 N–H and O–H groups in total. The van der Waals surface area contributed by atoms with Crippen LogP contribution in [-0.2, 0) is 4.74 Å². The molecule has 2 aliphatic rings. The van der Waals surface area contributed by atoms with Crippen LogP contribution in [0.2, 0.25) is 0 Å². The zero-order chi connectivity index (χ0) is 17.1. The Kier molecular flexibility index (Phi) is 5.39. The fourth-order valence-electron chi connectivity index (χ4n) is 3.92. The average molecular weight is 331 g/mol. The topological polar surface area (TPSA) is 54.5 Å². The van der Waals surface area contributed by atoms with Gasteiger partial charge >= 0.3 is 0 Å². The predicted molar refractivity (Wildman–Crippen MR) is 95.3 cm³/mol. The van der Waals surface area contributed by atoms with E-state index in [9.17, 15) is 4.79 Å². The summed E-state index contributed by atoms with van der Waals surface area (Å²) >= 11 is 0. The highest BCUT2D eigenvalue weighted by Crippen LogP contribution is 2.23. The second kappa shape index (κ2) is 7.51. The number of amides is 1. The van der Waals surface area contributed by atoms with Gasteiger partial charge in [-0.2, -0.15) is 0 Å². The number of piperidine rings is 1. The van der Waals surface area contributed by atoms with Crippen molar-refractivity contribution in [3.05, 3.63) is 23.9 Å². The van der Waals surface area contributed by atoms with E-state index in [1.807, 2.05) is 6.07 Å². The lowest BCUT2D eigenvalue weighted by molar-refractivity contribution is -0.0408. The van der Waals surface area contributed by atoms with Gasteiger partial charge in [-0.25, -0.2) is 4.98 Å². The summed E-state index contributed by atoms with van der Waals surface area (Å²) in [6.45, 7) is 8.45. The molecular formula is C19H29N3O2. The summed E-state index contributed by atoms with van der Waals surface area (Å²) in [5, 5.41) is 3.17. The lowest BCUT2D eigenvalue weighted by Gasteiger charge is -2.33. The Labute approximate surface area is 144 Å². The number of nitrogens with one attached hydrogen (secondary N) is 1. The second-order valence-electron chi connectivity index (χ2n) is 7.50. The number of carbonyl (C=O) groups excluding carboxylic acids is 1. The largest absolute Gasteiger partial charge is 0.375 e. The van der Waals surface area contributed by atoms with Gasteiger partial charge < -0.3 is 15.0 Å². The molecule has 0 spiro atoms. The Hall–Kier alpha value is -1.62. The van der Waals surface area contributed by atoms with Crippen LogP contribution in [-0.4, -0.2) is 42.2 Å². The molecule has 1 aromatic heterocycles. The third kappa shape index (κ3) is 4.26. The maximum atomic E-state index is 12.6. The average Bonchev–Trinajstić information content (AvgIpc) is 2.54. The maximum Gasteiger partial charge on any atom is 0.251 e. The van der Waals surface area contributed by atoms with E-state index >= 15 is 0 Å². The SMILES string of the molecule is CC1CCCN(c2cc(C(=O)NC3CC(C)OC(C)C3)ccn2)C1. The number of ether oxygens (including phenoxy) is 1. The Morgan fingerprint density at radius 2 is 2.04 bits per heavy atom. The molecule has 2 aliphatic heterocycles. The smallest absolute Gasteiger partial charge is 0.251 e. The van der Waals surface area contributed by atoms with Gasteiger partial charge in [0, 0.05) is 30.9 Å². The maximum absolute atomic E-state index is 12.6. The first kappa shape index (κ1) is 17.2. The lowest BCUT2D eigenvalue weighted by atomic mass is 9.99. The zero-order valence-electron chi connectivity index (χ0n) is 15.0. The van der Waals surface area contributed by atoms with E-state index in [-0.39, 0.29) is 24.2 Å². The highest BCUT2D eigenvalue weighted by atomic mass is 16.5. The Balaban J connectivity index is 1.65. The molecule has 3 heterocycles. The predicted octanol–water partition coefficient (Wildman–Crippen LogP) is 3.00. The summed E-state index contributed by atoms with van der Waals surface area (Å²) in [6, 6.07) is 3.92. The van der Waals surface area contributed by atoms with E-state index in [1.54, 1.807) is 12.3 Å². The van der Waals surface area contributed by atoms with Gasteiger partial charge in [-0.05, 0) is 57.6 Å². The molecule has 2 saturated heterocycles. The number of pyridine rings is 1. The highest BCUT2D eigenvalue weighted by molar-refractivity contribution is 5.95. The first-order valence-electron chi connectivity index (χ1n) is 9.18. The van der Waals surface area contributed by atoms with Crippen molar-refractivity contribution >= 4 is 11.7 Å². The summed E-state index contributed by atoms with van der Waals surface area (Å²) in [6.07, 6.45) is 6.35. The molecule has 0 saturated carbocycles. The van der Waals surface area contributed by atoms with Crippen LogP contribution >= 0.6 is 0 Å². The van der Waals surface area contributed by atoms with Crippen molar-refractivity contribution in [2.75, 3.05) is 18.0 Å². The Bertz CT molecular complexity index is 567. The van der Waals surface area contributed by atoms with Crippen LogP contribution in [0.15, 0.2) is 18.3 Å². The van der Waals surface area contributed by atoms with E-state index in [2.05, 4.69) is 36.0 Å². The fraction of sp³-hybridized carbons (Fsp3) is 0.684. The first-order valence-corrected chi connectivity index (χ1v) is 9.18. The van der Waals surface area contributed by atoms with Gasteiger partial charge in [-0.3, -0.25) is 4.79 Å². The Morgan fingerprint density at radius 1 is 1.29 bits per heavy atom. The van der Waals surface area contributed by atoms with E-state index in [0.717, 1.165) is 31.7 Å². The van der Waals surface area contributed by atoms with Gasteiger partial charge in [0.05, 0.1) is 12.2 Å². The molecule has 0 aromatic carbocycles. The molecule has 132 valence electrons. The summed E-state index contributed by atoms with van der Waals surface area (Å²) in [4.78, 5) is 19.4. The van der Waals surface area contributed by atoms with Gasteiger partial charge in [0.15, 0.2) is 0 Å². The van der Waals surface area contributed by atoms with Crippen molar-refractivity contribution in [3.63, 3.8) is 0 Å². The van der Waals surface area contributed by atoms with Crippen LogP contribution in [0.3, 0.4) is 0 Å². The molecule has 3 rings (SSSR count). The van der Waals surface area contributed by atoms with E-state index < -0.39 is 0 Å². The van der Waals surface area contributed by atoms with Crippen molar-refractivity contribution in [1.82, 2.24) is 10.3 Å². The van der Waals surface area contributed by atoms with Crippen molar-refractivity contribution < 1.29 is 9.53 Å². The number of carbonyl (C=O) groups is 1. The number of nitrogens with zero attached hydrogens (tertiary/aromatic N) is 2. The number of aromatic nitrogens is 1. The minimum absolute atomic E-state index is 0.00462. The number of hydrogen-bond donors (Lipinski definition) is 1. The third-order valence-corrected chi connectivity index (χ3v) is 5.02. The minimum Gasteiger partial charge on any atom is -0.375 e.